The molecule has 2 aromatic carbocycles. The number of amides is 1. The number of hydrogen-bond acceptors (Lipinski definition) is 5. The van der Waals surface area contributed by atoms with E-state index in [9.17, 15) is 14.0 Å². The number of hydrazone groups is 1. The molecule has 0 bridgehead atoms. The quantitative estimate of drug-likeness (QED) is 0.286. The largest absolute Gasteiger partial charge is 0.454 e. The van der Waals surface area contributed by atoms with Crippen molar-refractivity contribution in [3.8, 4) is 11.5 Å². The van der Waals surface area contributed by atoms with Crippen LogP contribution in [0.2, 0.25) is 0 Å². The van der Waals surface area contributed by atoms with E-state index in [0.29, 0.717) is 39.4 Å². The molecule has 164 valence electrons. The van der Waals surface area contributed by atoms with Gasteiger partial charge in [-0.1, -0.05) is 6.07 Å². The molecule has 0 fully saturated rings. The molecule has 8 heteroatoms. The molecule has 1 N–H and O–H groups in total. The average Bonchev–Trinajstić information content (AvgIpc) is 3.41. The van der Waals surface area contributed by atoms with Crippen molar-refractivity contribution < 1.29 is 23.5 Å². The van der Waals surface area contributed by atoms with Crippen LogP contribution in [-0.4, -0.2) is 29.1 Å². The van der Waals surface area contributed by atoms with Crippen LogP contribution in [0.4, 0.5) is 4.39 Å². The fraction of sp³-hybridized carbons (Fsp3) is 0.0800. The molecule has 0 spiro atoms. The van der Waals surface area contributed by atoms with Gasteiger partial charge in [0.25, 0.3) is 5.91 Å². The number of rotatable bonds is 5. The number of halogens is 1. The van der Waals surface area contributed by atoms with Crippen LogP contribution in [0.15, 0.2) is 72.0 Å². The van der Waals surface area contributed by atoms with Crippen LogP contribution < -0.4 is 14.9 Å². The van der Waals surface area contributed by atoms with Crippen molar-refractivity contribution in [1.29, 1.82) is 0 Å². The lowest BCUT2D eigenvalue weighted by Crippen LogP contribution is -2.17. The molecule has 4 aromatic rings. The third kappa shape index (κ3) is 3.71. The highest BCUT2D eigenvalue weighted by atomic mass is 19.1. The van der Waals surface area contributed by atoms with Crippen molar-refractivity contribution in [3.05, 3.63) is 101 Å². The average molecular weight is 443 g/mol. The molecule has 0 atom stereocenters. The first-order chi connectivity index (χ1) is 16.0. The van der Waals surface area contributed by atoms with Gasteiger partial charge in [0.15, 0.2) is 11.5 Å². The van der Waals surface area contributed by atoms with Gasteiger partial charge in [0.1, 0.15) is 5.82 Å². The Morgan fingerprint density at radius 1 is 1.03 bits per heavy atom. The Hall–Kier alpha value is -4.46. The number of hydrogen-bond donors (Lipinski definition) is 1. The number of carbonyl (C=O) groups excluding carboxylic acids is 2. The van der Waals surface area contributed by atoms with Gasteiger partial charge in [0.05, 0.1) is 17.4 Å². The molecule has 3 heterocycles. The van der Waals surface area contributed by atoms with Crippen molar-refractivity contribution in [2.24, 2.45) is 5.10 Å². The number of nitrogens with zero attached hydrogens (tertiary/aromatic N) is 2. The fourth-order valence-electron chi connectivity index (χ4n) is 3.80. The molecule has 0 saturated heterocycles. The molecule has 1 aliphatic rings. The van der Waals surface area contributed by atoms with Crippen LogP contribution in [0.3, 0.4) is 0 Å². The number of aromatic nitrogens is 1. The van der Waals surface area contributed by atoms with Crippen LogP contribution in [0, 0.1) is 12.7 Å². The Morgan fingerprint density at radius 2 is 1.79 bits per heavy atom. The maximum atomic E-state index is 13.3. The van der Waals surface area contributed by atoms with Gasteiger partial charge >= 0.3 is 0 Å². The van der Waals surface area contributed by atoms with Crippen LogP contribution in [0.1, 0.15) is 37.5 Å². The van der Waals surface area contributed by atoms with Gasteiger partial charge in [0, 0.05) is 22.9 Å². The zero-order valence-corrected chi connectivity index (χ0v) is 17.5. The second kappa shape index (κ2) is 8.23. The first-order valence-electron chi connectivity index (χ1n) is 10.2. The van der Waals surface area contributed by atoms with E-state index in [1.807, 2.05) is 25.1 Å². The lowest BCUT2D eigenvalue weighted by molar-refractivity contribution is 0.0954. The zero-order chi connectivity index (χ0) is 22.9. The summed E-state index contributed by atoms with van der Waals surface area (Å²) in [4.78, 5) is 25.7. The van der Waals surface area contributed by atoms with E-state index >= 15 is 0 Å². The predicted molar refractivity (Wildman–Crippen MR) is 120 cm³/mol. The van der Waals surface area contributed by atoms with Gasteiger partial charge in [-0.15, -0.1) is 0 Å². The number of carbonyl (C=O) groups is 2. The number of ketones is 1. The van der Waals surface area contributed by atoms with E-state index in [1.165, 1.54) is 30.5 Å². The van der Waals surface area contributed by atoms with E-state index in [1.54, 1.807) is 28.8 Å². The molecular weight excluding hydrogens is 425 g/mol. The minimum atomic E-state index is -0.409. The minimum absolute atomic E-state index is 0.124. The number of pyridine rings is 1. The molecule has 0 radical (unpaired) electrons. The van der Waals surface area contributed by atoms with Gasteiger partial charge in [-0.2, -0.15) is 5.10 Å². The Morgan fingerprint density at radius 3 is 2.61 bits per heavy atom. The van der Waals surface area contributed by atoms with Crippen LogP contribution in [-0.2, 0) is 0 Å². The van der Waals surface area contributed by atoms with Gasteiger partial charge in [0.2, 0.25) is 12.6 Å². The summed E-state index contributed by atoms with van der Waals surface area (Å²) in [7, 11) is 0. The van der Waals surface area contributed by atoms with Gasteiger partial charge in [-0.25, -0.2) is 9.82 Å². The van der Waals surface area contributed by atoms with E-state index in [4.69, 9.17) is 9.47 Å². The second-order valence-electron chi connectivity index (χ2n) is 7.45. The molecule has 5 rings (SSSR count). The van der Waals surface area contributed by atoms with Gasteiger partial charge < -0.3 is 13.9 Å². The third-order valence-corrected chi connectivity index (χ3v) is 5.45. The normalized spacial score (nSPS) is 12.4. The maximum absolute atomic E-state index is 13.3. The number of ether oxygens (including phenoxy) is 2. The van der Waals surface area contributed by atoms with Crippen LogP contribution >= 0.6 is 0 Å². The minimum Gasteiger partial charge on any atom is -0.454 e. The summed E-state index contributed by atoms with van der Waals surface area (Å²) in [5.41, 5.74) is 5.83. The van der Waals surface area contributed by atoms with E-state index in [0.717, 1.165) is 5.52 Å². The molecule has 0 saturated carbocycles. The van der Waals surface area contributed by atoms with Crippen molar-refractivity contribution in [2.75, 3.05) is 6.79 Å². The highest BCUT2D eigenvalue weighted by Gasteiger charge is 2.21. The summed E-state index contributed by atoms with van der Waals surface area (Å²) in [6.45, 7) is 1.93. The number of benzene rings is 2. The van der Waals surface area contributed by atoms with Crippen molar-refractivity contribution in [2.45, 2.75) is 6.92 Å². The summed E-state index contributed by atoms with van der Waals surface area (Å²) >= 11 is 0. The number of fused-ring (bicyclic) bond motifs is 2. The smallest absolute Gasteiger partial charge is 0.271 e. The van der Waals surface area contributed by atoms with Crippen molar-refractivity contribution >= 4 is 23.4 Å². The summed E-state index contributed by atoms with van der Waals surface area (Å²) in [5.74, 6) is 0.0366. The molecular formula is C25H18FN3O4. The molecule has 1 aliphatic heterocycles. The van der Waals surface area contributed by atoms with Crippen LogP contribution in [0.25, 0.3) is 5.52 Å². The summed E-state index contributed by atoms with van der Waals surface area (Å²) in [5, 5.41) is 4.11. The van der Waals surface area contributed by atoms with E-state index in [-0.39, 0.29) is 12.6 Å². The Bertz CT molecular complexity index is 1420. The highest BCUT2D eigenvalue weighted by molar-refractivity contribution is 6.12. The summed E-state index contributed by atoms with van der Waals surface area (Å²) in [6, 6.07) is 15.8. The lowest BCUT2D eigenvalue weighted by atomic mass is 10.0. The van der Waals surface area contributed by atoms with E-state index < -0.39 is 11.7 Å². The van der Waals surface area contributed by atoms with E-state index in [2.05, 4.69) is 10.5 Å². The molecule has 33 heavy (non-hydrogen) atoms. The third-order valence-electron chi connectivity index (χ3n) is 5.45. The predicted octanol–water partition coefficient (Wildman–Crippen LogP) is 4.11. The SMILES string of the molecule is Cc1c(/C=N/NC(=O)c2ccc3c(c2)OCO3)c2ccccn2c1C(=O)c1ccc(F)cc1. The van der Waals surface area contributed by atoms with Crippen molar-refractivity contribution in [3.63, 3.8) is 0 Å². The van der Waals surface area contributed by atoms with Gasteiger partial charge in [-0.05, 0) is 67.1 Å². The molecule has 0 aliphatic carbocycles. The monoisotopic (exact) mass is 443 g/mol. The first kappa shape index (κ1) is 20.4. The molecule has 2 aromatic heterocycles. The topological polar surface area (TPSA) is 81.4 Å². The Labute approximate surface area is 188 Å². The number of nitrogens with one attached hydrogen (secondary N) is 1. The lowest BCUT2D eigenvalue weighted by Gasteiger charge is -2.04. The Balaban J connectivity index is 1.44. The maximum Gasteiger partial charge on any atom is 0.271 e. The standard InChI is InChI=1S/C25H18FN3O4/c1-15-19(13-27-28-25(31)17-7-10-21-22(12-17)33-14-32-21)20-4-2-3-11-29(20)23(15)24(30)16-5-8-18(26)9-6-16/h2-13H,14H2,1H3,(H,28,31)/b27-13+. The molecule has 1 amide bonds. The second-order valence-corrected chi connectivity index (χ2v) is 7.45. The molecule has 0 unspecified atom stereocenters. The first-order valence-corrected chi connectivity index (χ1v) is 10.2. The van der Waals surface area contributed by atoms with Crippen LogP contribution in [0.5, 0.6) is 11.5 Å². The molecule has 7 nitrogen and oxygen atoms in total. The van der Waals surface area contributed by atoms with Gasteiger partial charge in [-0.3, -0.25) is 9.59 Å². The van der Waals surface area contributed by atoms with Crippen molar-refractivity contribution in [1.82, 2.24) is 9.83 Å². The summed E-state index contributed by atoms with van der Waals surface area (Å²) < 4.78 is 25.6. The highest BCUT2D eigenvalue weighted by Crippen LogP contribution is 2.32. The Kier molecular flexibility index (Phi) is 5.10. The fourth-order valence-corrected chi connectivity index (χ4v) is 3.80. The summed E-state index contributed by atoms with van der Waals surface area (Å²) in [6.07, 6.45) is 3.29. The zero-order valence-electron chi connectivity index (χ0n) is 17.5.